The molecule has 2 aromatic rings. The third kappa shape index (κ3) is 3.48. The molecule has 0 amide bonds. The molecule has 5 heteroatoms. The maximum atomic E-state index is 5.99. The van der Waals surface area contributed by atoms with Crippen LogP contribution in [0.3, 0.4) is 0 Å². The van der Waals surface area contributed by atoms with Gasteiger partial charge in [-0.05, 0) is 24.7 Å². The van der Waals surface area contributed by atoms with E-state index in [1.54, 1.807) is 0 Å². The van der Waals surface area contributed by atoms with Crippen LogP contribution in [0, 0.1) is 0 Å². The van der Waals surface area contributed by atoms with E-state index in [-0.39, 0.29) is 0 Å². The molecule has 18 heavy (non-hydrogen) atoms. The molecule has 0 fully saturated rings. The zero-order valence-corrected chi connectivity index (χ0v) is 11.7. The van der Waals surface area contributed by atoms with Gasteiger partial charge in [0.15, 0.2) is 0 Å². The highest BCUT2D eigenvalue weighted by atomic mass is 35.5. The van der Waals surface area contributed by atoms with Crippen molar-refractivity contribution in [1.29, 1.82) is 0 Å². The monoisotopic (exact) mass is 283 g/mol. The molecule has 0 aliphatic carbocycles. The minimum absolute atomic E-state index is 0.584. The van der Waals surface area contributed by atoms with Gasteiger partial charge in [0.25, 0.3) is 0 Å². The minimum atomic E-state index is 0.584. The minimum Gasteiger partial charge on any atom is -0.333 e. The number of nitrogens with one attached hydrogen (secondary N) is 1. The van der Waals surface area contributed by atoms with Crippen LogP contribution in [-0.2, 0) is 13.0 Å². The molecule has 1 heterocycles. The van der Waals surface area contributed by atoms with Crippen LogP contribution in [0.15, 0.2) is 30.7 Å². The lowest BCUT2D eigenvalue weighted by Gasteiger charge is -2.04. The van der Waals surface area contributed by atoms with Crippen LogP contribution in [0.2, 0.25) is 10.0 Å². The first-order chi connectivity index (χ1) is 8.69. The molecular weight excluding hydrogens is 269 g/mol. The van der Waals surface area contributed by atoms with Gasteiger partial charge in [-0.1, -0.05) is 29.3 Å². The Morgan fingerprint density at radius 1 is 1.28 bits per heavy atom. The zero-order valence-electron chi connectivity index (χ0n) is 10.2. The second-order valence-electron chi connectivity index (χ2n) is 4.14. The Bertz CT molecular complexity index is 523. The van der Waals surface area contributed by atoms with Gasteiger partial charge in [-0.15, -0.1) is 0 Å². The summed E-state index contributed by atoms with van der Waals surface area (Å²) < 4.78 is 2.05. The molecule has 0 saturated carbocycles. The lowest BCUT2D eigenvalue weighted by molar-refractivity contribution is 0.774. The molecule has 0 unspecified atom stereocenters. The predicted molar refractivity (Wildman–Crippen MR) is 75.4 cm³/mol. The molecule has 0 radical (unpaired) electrons. The summed E-state index contributed by atoms with van der Waals surface area (Å²) in [4.78, 5) is 4.35. The number of likely N-dealkylation sites (N-methyl/N-ethyl adjacent to an activating group) is 1. The predicted octanol–water partition coefficient (Wildman–Crippen LogP) is 3.00. The first kappa shape index (κ1) is 13.4. The van der Waals surface area contributed by atoms with Gasteiger partial charge in [0.05, 0.1) is 22.1 Å². The molecule has 3 nitrogen and oxygen atoms in total. The molecule has 0 aliphatic rings. The topological polar surface area (TPSA) is 29.9 Å². The highest BCUT2D eigenvalue weighted by Crippen LogP contribution is 2.22. The Morgan fingerprint density at radius 3 is 2.83 bits per heavy atom. The van der Waals surface area contributed by atoms with Crippen LogP contribution in [0.25, 0.3) is 0 Å². The van der Waals surface area contributed by atoms with Crippen molar-refractivity contribution in [2.24, 2.45) is 0 Å². The van der Waals surface area contributed by atoms with E-state index in [1.807, 2.05) is 36.1 Å². The standard InChI is InChI=1S/C13H15Cl2N3/c1-16-5-4-11-8-18(9-17-11)7-10-2-3-12(14)13(15)6-10/h2-3,6,8-9,16H,4-5,7H2,1H3. The Labute approximate surface area is 117 Å². The van der Waals surface area contributed by atoms with Gasteiger partial charge in [-0.25, -0.2) is 4.98 Å². The van der Waals surface area contributed by atoms with Crippen LogP contribution in [0.5, 0.6) is 0 Å². The lowest BCUT2D eigenvalue weighted by Crippen LogP contribution is -2.10. The normalized spacial score (nSPS) is 10.8. The fraction of sp³-hybridized carbons (Fsp3) is 0.308. The number of hydrogen-bond donors (Lipinski definition) is 1. The second-order valence-corrected chi connectivity index (χ2v) is 4.95. The zero-order chi connectivity index (χ0) is 13.0. The van der Waals surface area contributed by atoms with E-state index < -0.39 is 0 Å². The molecule has 0 bridgehead atoms. The van der Waals surface area contributed by atoms with Crippen LogP contribution < -0.4 is 5.32 Å². The van der Waals surface area contributed by atoms with Gasteiger partial charge in [-0.3, -0.25) is 0 Å². The Morgan fingerprint density at radius 2 is 2.11 bits per heavy atom. The average molecular weight is 284 g/mol. The first-order valence-corrected chi connectivity index (χ1v) is 6.54. The number of aromatic nitrogens is 2. The third-order valence-corrected chi connectivity index (χ3v) is 3.41. The summed E-state index contributed by atoms with van der Waals surface area (Å²) in [6, 6.07) is 5.68. The van der Waals surface area contributed by atoms with E-state index in [0.717, 1.165) is 30.8 Å². The Hall–Kier alpha value is -1.03. The Balaban J connectivity index is 2.04. The van der Waals surface area contributed by atoms with Crippen molar-refractivity contribution in [3.63, 3.8) is 0 Å². The summed E-state index contributed by atoms with van der Waals surface area (Å²) >= 11 is 11.9. The van der Waals surface area contributed by atoms with Crippen LogP contribution in [-0.4, -0.2) is 23.1 Å². The van der Waals surface area contributed by atoms with Crippen molar-refractivity contribution in [3.8, 4) is 0 Å². The summed E-state index contributed by atoms with van der Waals surface area (Å²) in [6.07, 6.45) is 4.83. The summed E-state index contributed by atoms with van der Waals surface area (Å²) in [5.74, 6) is 0. The number of halogens is 2. The van der Waals surface area contributed by atoms with E-state index in [1.165, 1.54) is 0 Å². The lowest BCUT2D eigenvalue weighted by atomic mass is 10.2. The fourth-order valence-corrected chi connectivity index (χ4v) is 2.04. The smallest absolute Gasteiger partial charge is 0.0952 e. The highest BCUT2D eigenvalue weighted by molar-refractivity contribution is 6.42. The van der Waals surface area contributed by atoms with E-state index in [0.29, 0.717) is 10.0 Å². The molecule has 1 aromatic carbocycles. The highest BCUT2D eigenvalue weighted by Gasteiger charge is 2.02. The van der Waals surface area contributed by atoms with Gasteiger partial charge in [0.2, 0.25) is 0 Å². The average Bonchev–Trinajstić information content (AvgIpc) is 2.79. The maximum Gasteiger partial charge on any atom is 0.0952 e. The van der Waals surface area contributed by atoms with Gasteiger partial charge < -0.3 is 9.88 Å². The fourth-order valence-electron chi connectivity index (χ4n) is 1.72. The molecule has 0 aliphatic heterocycles. The Kier molecular flexibility index (Phi) is 4.64. The number of imidazole rings is 1. The summed E-state index contributed by atoms with van der Waals surface area (Å²) in [6.45, 7) is 1.69. The summed E-state index contributed by atoms with van der Waals surface area (Å²) in [5, 5.41) is 4.28. The van der Waals surface area contributed by atoms with E-state index in [4.69, 9.17) is 23.2 Å². The molecule has 1 aromatic heterocycles. The van der Waals surface area contributed by atoms with Crippen molar-refractivity contribution in [1.82, 2.24) is 14.9 Å². The van der Waals surface area contributed by atoms with Crippen LogP contribution in [0.4, 0.5) is 0 Å². The SMILES string of the molecule is CNCCc1cn(Cc2ccc(Cl)c(Cl)c2)cn1. The number of rotatable bonds is 5. The molecule has 0 atom stereocenters. The molecule has 0 spiro atoms. The molecule has 0 saturated heterocycles. The van der Waals surface area contributed by atoms with Crippen molar-refractivity contribution >= 4 is 23.2 Å². The maximum absolute atomic E-state index is 5.99. The van der Waals surface area contributed by atoms with Gasteiger partial charge in [0.1, 0.15) is 0 Å². The van der Waals surface area contributed by atoms with Crippen LogP contribution >= 0.6 is 23.2 Å². The number of nitrogens with zero attached hydrogens (tertiary/aromatic N) is 2. The summed E-state index contributed by atoms with van der Waals surface area (Å²) in [7, 11) is 1.94. The van der Waals surface area contributed by atoms with E-state index in [2.05, 4.69) is 16.5 Å². The number of benzene rings is 1. The summed E-state index contributed by atoms with van der Waals surface area (Å²) in [5.41, 5.74) is 2.20. The quantitative estimate of drug-likeness (QED) is 0.914. The van der Waals surface area contributed by atoms with E-state index >= 15 is 0 Å². The van der Waals surface area contributed by atoms with E-state index in [9.17, 15) is 0 Å². The van der Waals surface area contributed by atoms with Crippen molar-refractivity contribution in [3.05, 3.63) is 52.0 Å². The van der Waals surface area contributed by atoms with Gasteiger partial charge >= 0.3 is 0 Å². The largest absolute Gasteiger partial charge is 0.333 e. The first-order valence-electron chi connectivity index (χ1n) is 5.78. The molecular formula is C13H15Cl2N3. The van der Waals surface area contributed by atoms with Gasteiger partial charge in [0, 0.05) is 25.7 Å². The van der Waals surface area contributed by atoms with Crippen molar-refractivity contribution in [2.75, 3.05) is 13.6 Å². The molecule has 2 rings (SSSR count). The molecule has 1 N–H and O–H groups in total. The van der Waals surface area contributed by atoms with Crippen LogP contribution in [0.1, 0.15) is 11.3 Å². The third-order valence-electron chi connectivity index (χ3n) is 2.67. The number of hydrogen-bond acceptors (Lipinski definition) is 2. The second kappa shape index (κ2) is 6.23. The van der Waals surface area contributed by atoms with Crippen molar-refractivity contribution < 1.29 is 0 Å². The van der Waals surface area contributed by atoms with Gasteiger partial charge in [-0.2, -0.15) is 0 Å². The van der Waals surface area contributed by atoms with Crippen molar-refractivity contribution in [2.45, 2.75) is 13.0 Å². The molecule has 96 valence electrons.